The van der Waals surface area contributed by atoms with Crippen LogP contribution in [0.4, 0.5) is 5.88 Å². The first-order chi connectivity index (χ1) is 16.3. The van der Waals surface area contributed by atoms with Gasteiger partial charge >= 0.3 is 0 Å². The molecule has 4 nitrogen and oxygen atoms in total. The molecule has 0 aliphatic rings. The first-order valence-electron chi connectivity index (χ1n) is 10.5. The van der Waals surface area contributed by atoms with Crippen molar-refractivity contribution in [2.75, 3.05) is 0 Å². The molecule has 0 saturated heterocycles. The lowest BCUT2D eigenvalue weighted by Crippen LogP contribution is -1.91. The normalized spacial score (nSPS) is 11.0. The second kappa shape index (κ2) is 8.75. The third-order valence-electron chi connectivity index (χ3n) is 5.50. The van der Waals surface area contributed by atoms with E-state index < -0.39 is 0 Å². The van der Waals surface area contributed by atoms with Crippen molar-refractivity contribution < 1.29 is 4.42 Å². The topological polar surface area (TPSA) is 54.2 Å². The van der Waals surface area contributed by atoms with Gasteiger partial charge in [0.15, 0.2) is 0 Å². The fourth-order valence-corrected chi connectivity index (χ4v) is 4.02. The molecule has 0 amide bonds. The Labute approximate surface area is 192 Å². The van der Waals surface area contributed by atoms with Gasteiger partial charge in [0.05, 0.1) is 6.54 Å². The molecule has 0 atom stereocenters. The number of rotatable bonds is 5. The number of benzene rings is 3. The Morgan fingerprint density at radius 3 is 2.27 bits per heavy atom. The average Bonchev–Trinajstić information content (AvgIpc) is 3.42. The van der Waals surface area contributed by atoms with Crippen LogP contribution in [-0.4, -0.2) is 10.8 Å². The van der Waals surface area contributed by atoms with E-state index in [1.54, 1.807) is 6.21 Å². The quantitative estimate of drug-likeness (QED) is 0.229. The number of furan rings is 1. The summed E-state index contributed by atoms with van der Waals surface area (Å²) in [5, 5.41) is 11.1. The van der Waals surface area contributed by atoms with E-state index in [1.807, 2.05) is 95.7 Å². The summed E-state index contributed by atoms with van der Waals surface area (Å²) in [6.07, 6.45) is 9.24. The van der Waals surface area contributed by atoms with Crippen LogP contribution in [0.15, 0.2) is 101 Å². The zero-order valence-electron chi connectivity index (χ0n) is 17.8. The Balaban J connectivity index is 1.67. The van der Waals surface area contributed by atoms with Gasteiger partial charge in [0, 0.05) is 40.0 Å². The van der Waals surface area contributed by atoms with Crippen LogP contribution in [0.2, 0.25) is 0 Å². The van der Waals surface area contributed by atoms with Gasteiger partial charge in [-0.3, -0.25) is 0 Å². The van der Waals surface area contributed by atoms with Gasteiger partial charge < -0.3 is 8.98 Å². The Morgan fingerprint density at radius 1 is 0.909 bits per heavy atom. The number of aromatic nitrogens is 1. The first-order valence-corrected chi connectivity index (χ1v) is 10.5. The van der Waals surface area contributed by atoms with Crippen LogP contribution in [0, 0.1) is 23.7 Å². The molecule has 0 saturated carbocycles. The number of nitrogens with zero attached hydrogens (tertiary/aromatic N) is 3. The van der Waals surface area contributed by atoms with Crippen LogP contribution in [0.1, 0.15) is 11.1 Å². The largest absolute Gasteiger partial charge is 0.436 e. The maximum absolute atomic E-state index is 10.1. The highest BCUT2D eigenvalue weighted by Gasteiger charge is 2.22. The lowest BCUT2D eigenvalue weighted by Gasteiger charge is -2.03. The molecule has 0 unspecified atom stereocenters. The summed E-state index contributed by atoms with van der Waals surface area (Å²) in [5.41, 5.74) is 4.88. The van der Waals surface area contributed by atoms with Crippen molar-refractivity contribution in [3.05, 3.63) is 102 Å². The van der Waals surface area contributed by atoms with E-state index in [1.165, 1.54) is 0 Å². The lowest BCUT2D eigenvalue weighted by molar-refractivity contribution is 0.593. The molecule has 2 aromatic heterocycles. The third kappa shape index (κ3) is 3.71. The number of hydrogen-bond donors (Lipinski definition) is 0. The van der Waals surface area contributed by atoms with E-state index in [4.69, 9.17) is 10.8 Å². The number of para-hydroxylation sites is 1. The van der Waals surface area contributed by atoms with Gasteiger partial charge in [-0.1, -0.05) is 84.8 Å². The summed E-state index contributed by atoms with van der Waals surface area (Å²) >= 11 is 0. The molecule has 5 aromatic rings. The summed E-state index contributed by atoms with van der Waals surface area (Å²) < 4.78 is 8.21. The minimum atomic E-state index is 0.281. The van der Waals surface area contributed by atoms with Gasteiger partial charge in [-0.05, 0) is 11.6 Å². The van der Waals surface area contributed by atoms with Gasteiger partial charge in [-0.25, -0.2) is 4.99 Å². The van der Waals surface area contributed by atoms with Crippen molar-refractivity contribution in [2.24, 2.45) is 4.99 Å². The fourth-order valence-electron chi connectivity index (χ4n) is 4.02. The Hall–Kier alpha value is -4.80. The molecule has 0 fully saturated rings. The first kappa shape index (κ1) is 20.1. The van der Waals surface area contributed by atoms with Crippen LogP contribution in [0.5, 0.6) is 0 Å². The van der Waals surface area contributed by atoms with Crippen molar-refractivity contribution in [1.29, 1.82) is 5.26 Å². The van der Waals surface area contributed by atoms with Crippen LogP contribution in [0.25, 0.3) is 33.4 Å². The van der Waals surface area contributed by atoms with Crippen LogP contribution < -0.4 is 0 Å². The SMILES string of the molecule is C#CCn1cc(/C=N/c2oc(-c3ccccc3)c(-c3ccccc3)c2C#N)c2ccccc21. The molecule has 5 rings (SSSR count). The monoisotopic (exact) mass is 425 g/mol. The summed E-state index contributed by atoms with van der Waals surface area (Å²) in [5.74, 6) is 3.59. The third-order valence-corrected chi connectivity index (χ3v) is 5.50. The molecule has 0 aliphatic heterocycles. The highest BCUT2D eigenvalue weighted by atomic mass is 16.4. The standard InChI is InChI=1S/C29H19N3O/c1-2-17-32-20-23(24-15-9-10-16-26(24)32)19-31-29-25(18-30)27(21-11-5-3-6-12-21)28(33-29)22-13-7-4-8-14-22/h1,3-16,19-20H,17H2/b31-19+. The second-order valence-corrected chi connectivity index (χ2v) is 7.52. The number of fused-ring (bicyclic) bond motifs is 1. The molecule has 33 heavy (non-hydrogen) atoms. The average molecular weight is 425 g/mol. The fraction of sp³-hybridized carbons (Fsp3) is 0.0345. The smallest absolute Gasteiger partial charge is 0.238 e. The van der Waals surface area contributed by atoms with Gasteiger partial charge in [0.1, 0.15) is 17.4 Å². The molecular weight excluding hydrogens is 406 g/mol. The molecule has 0 radical (unpaired) electrons. The van der Waals surface area contributed by atoms with Gasteiger partial charge in [0.2, 0.25) is 5.88 Å². The summed E-state index contributed by atoms with van der Waals surface area (Å²) in [7, 11) is 0. The Morgan fingerprint density at radius 2 is 1.58 bits per heavy atom. The van der Waals surface area contributed by atoms with E-state index in [9.17, 15) is 5.26 Å². The highest BCUT2D eigenvalue weighted by molar-refractivity contribution is 6.00. The van der Waals surface area contributed by atoms with Crippen molar-refractivity contribution in [1.82, 2.24) is 4.57 Å². The number of nitriles is 1. The summed E-state index contributed by atoms with van der Waals surface area (Å²) in [6.45, 7) is 0.467. The van der Waals surface area contributed by atoms with Crippen LogP contribution in [0.3, 0.4) is 0 Å². The molecule has 2 heterocycles. The van der Waals surface area contributed by atoms with Crippen molar-refractivity contribution in [3.8, 4) is 40.9 Å². The van der Waals surface area contributed by atoms with E-state index in [2.05, 4.69) is 17.0 Å². The zero-order chi connectivity index (χ0) is 22.6. The molecule has 4 heteroatoms. The molecular formula is C29H19N3O. The zero-order valence-corrected chi connectivity index (χ0v) is 17.8. The molecule has 156 valence electrons. The Bertz CT molecular complexity index is 1540. The lowest BCUT2D eigenvalue weighted by atomic mass is 9.98. The van der Waals surface area contributed by atoms with E-state index in [0.717, 1.165) is 33.2 Å². The minimum Gasteiger partial charge on any atom is -0.436 e. The number of terminal acetylenes is 1. The highest BCUT2D eigenvalue weighted by Crippen LogP contribution is 2.42. The number of hydrogen-bond acceptors (Lipinski definition) is 3. The van der Waals surface area contributed by atoms with Crippen LogP contribution >= 0.6 is 0 Å². The van der Waals surface area contributed by atoms with E-state index in [0.29, 0.717) is 17.9 Å². The molecule has 0 aliphatic carbocycles. The van der Waals surface area contributed by atoms with E-state index >= 15 is 0 Å². The number of aliphatic imine (C=N–C) groups is 1. The van der Waals surface area contributed by atoms with Crippen molar-refractivity contribution in [2.45, 2.75) is 6.54 Å². The Kier molecular flexibility index (Phi) is 5.33. The maximum atomic E-state index is 10.1. The molecule has 0 bridgehead atoms. The van der Waals surface area contributed by atoms with E-state index in [-0.39, 0.29) is 5.88 Å². The summed E-state index contributed by atoms with van der Waals surface area (Å²) in [4.78, 5) is 4.62. The predicted molar refractivity (Wildman–Crippen MR) is 132 cm³/mol. The molecule has 0 N–H and O–H groups in total. The minimum absolute atomic E-state index is 0.281. The summed E-state index contributed by atoms with van der Waals surface area (Å²) in [6, 6.07) is 29.9. The molecule has 0 spiro atoms. The van der Waals surface area contributed by atoms with Gasteiger partial charge in [-0.15, -0.1) is 6.42 Å². The second-order valence-electron chi connectivity index (χ2n) is 7.52. The predicted octanol–water partition coefficient (Wildman–Crippen LogP) is 6.82. The van der Waals surface area contributed by atoms with Crippen molar-refractivity contribution >= 4 is 23.0 Å². The van der Waals surface area contributed by atoms with Gasteiger partial charge in [0.25, 0.3) is 0 Å². The van der Waals surface area contributed by atoms with Gasteiger partial charge in [-0.2, -0.15) is 5.26 Å². The van der Waals surface area contributed by atoms with Crippen LogP contribution in [-0.2, 0) is 6.54 Å². The molecule has 3 aromatic carbocycles. The maximum Gasteiger partial charge on any atom is 0.238 e. The van der Waals surface area contributed by atoms with Crippen molar-refractivity contribution in [3.63, 3.8) is 0 Å².